The van der Waals surface area contributed by atoms with Crippen molar-refractivity contribution in [2.24, 2.45) is 5.92 Å². The van der Waals surface area contributed by atoms with Crippen LogP contribution in [0.4, 0.5) is 0 Å². The molecule has 1 heterocycles. The topological polar surface area (TPSA) is 77.8 Å². The van der Waals surface area contributed by atoms with Gasteiger partial charge in [-0.1, -0.05) is 13.8 Å². The van der Waals surface area contributed by atoms with Gasteiger partial charge in [0.15, 0.2) is 5.78 Å². The van der Waals surface area contributed by atoms with Gasteiger partial charge in [0.25, 0.3) is 0 Å². The summed E-state index contributed by atoms with van der Waals surface area (Å²) in [7, 11) is 1.61. The van der Waals surface area contributed by atoms with E-state index < -0.39 is 5.97 Å². The number of nitrogens with zero attached hydrogens (tertiary/aromatic N) is 2. The number of ketones is 1. The minimum absolute atomic E-state index is 0.0155. The third-order valence-electron chi connectivity index (χ3n) is 4.75. The summed E-state index contributed by atoms with van der Waals surface area (Å²) in [6, 6.07) is 0. The molecule has 0 saturated heterocycles. The van der Waals surface area contributed by atoms with Gasteiger partial charge < -0.3 is 18.9 Å². The third kappa shape index (κ3) is 5.44. The fourth-order valence-corrected chi connectivity index (χ4v) is 3.45. The normalized spacial score (nSPS) is 11.0. The molecule has 0 aliphatic heterocycles. The molecular formula is C21H34N2O5. The van der Waals surface area contributed by atoms with Gasteiger partial charge in [0.05, 0.1) is 13.2 Å². The predicted octanol–water partition coefficient (Wildman–Crippen LogP) is 3.01. The fraction of sp³-hybridized carbons (Fsp3) is 0.667. The van der Waals surface area contributed by atoms with Crippen LogP contribution in [0.25, 0.3) is 0 Å². The highest BCUT2D eigenvalue weighted by molar-refractivity contribution is 6.04. The first kappa shape index (κ1) is 23.9. The quantitative estimate of drug-likeness (QED) is 0.328. The lowest BCUT2D eigenvalue weighted by Gasteiger charge is -2.24. The molecule has 0 fully saturated rings. The molecule has 0 aliphatic rings. The van der Waals surface area contributed by atoms with Crippen LogP contribution < -0.4 is 0 Å². The van der Waals surface area contributed by atoms with Gasteiger partial charge in [0, 0.05) is 44.0 Å². The highest BCUT2D eigenvalue weighted by Crippen LogP contribution is 2.24. The first-order valence-electron chi connectivity index (χ1n) is 9.88. The lowest BCUT2D eigenvalue weighted by atomic mass is 10.0. The molecule has 7 heteroatoms. The molecule has 1 aromatic heterocycles. The number of hydrogen-bond donors (Lipinski definition) is 0. The van der Waals surface area contributed by atoms with E-state index in [1.165, 1.54) is 0 Å². The number of methoxy groups -OCH3 is 1. The SMILES string of the molecule is CCOC(=O)c1c(C)c(C(=O)CN(CCCOC)C(=O)C(C)C)c(C)n1CC. The molecule has 1 aromatic rings. The van der Waals surface area contributed by atoms with E-state index in [1.807, 2.05) is 27.7 Å². The Morgan fingerprint density at radius 1 is 1.14 bits per heavy atom. The van der Waals surface area contributed by atoms with Crippen molar-refractivity contribution in [2.45, 2.75) is 54.5 Å². The van der Waals surface area contributed by atoms with Crippen molar-refractivity contribution in [1.82, 2.24) is 9.47 Å². The van der Waals surface area contributed by atoms with E-state index in [0.717, 1.165) is 5.69 Å². The Kier molecular flexibility index (Phi) is 9.38. The van der Waals surface area contributed by atoms with Crippen molar-refractivity contribution in [3.05, 3.63) is 22.5 Å². The Balaban J connectivity index is 3.21. The number of rotatable bonds is 11. The monoisotopic (exact) mass is 394 g/mol. The Morgan fingerprint density at radius 3 is 2.29 bits per heavy atom. The van der Waals surface area contributed by atoms with Crippen molar-refractivity contribution in [3.63, 3.8) is 0 Å². The molecule has 158 valence electrons. The molecule has 28 heavy (non-hydrogen) atoms. The highest BCUT2D eigenvalue weighted by Gasteiger charge is 2.28. The van der Waals surface area contributed by atoms with Gasteiger partial charge in [-0.15, -0.1) is 0 Å². The van der Waals surface area contributed by atoms with E-state index in [0.29, 0.717) is 42.9 Å². The van der Waals surface area contributed by atoms with Crippen LogP contribution in [0.3, 0.4) is 0 Å². The molecule has 0 radical (unpaired) electrons. The molecule has 1 rings (SSSR count). The summed E-state index contributed by atoms with van der Waals surface area (Å²) >= 11 is 0. The lowest BCUT2D eigenvalue weighted by molar-refractivity contribution is -0.134. The summed E-state index contributed by atoms with van der Waals surface area (Å²) in [6.45, 7) is 12.7. The van der Waals surface area contributed by atoms with Crippen molar-refractivity contribution >= 4 is 17.7 Å². The molecule has 0 aliphatic carbocycles. The number of carbonyl (C=O) groups excluding carboxylic acids is 3. The molecule has 0 spiro atoms. The average molecular weight is 395 g/mol. The Morgan fingerprint density at radius 2 is 1.79 bits per heavy atom. The predicted molar refractivity (Wildman–Crippen MR) is 108 cm³/mol. The van der Waals surface area contributed by atoms with Gasteiger partial charge >= 0.3 is 5.97 Å². The fourth-order valence-electron chi connectivity index (χ4n) is 3.45. The van der Waals surface area contributed by atoms with Gasteiger partial charge in [0.1, 0.15) is 5.69 Å². The van der Waals surface area contributed by atoms with Crippen molar-refractivity contribution in [2.75, 3.05) is 33.4 Å². The second-order valence-corrected chi connectivity index (χ2v) is 7.08. The highest BCUT2D eigenvalue weighted by atomic mass is 16.5. The summed E-state index contributed by atoms with van der Waals surface area (Å²) in [4.78, 5) is 39.7. The zero-order valence-electron chi connectivity index (χ0n) is 18.3. The number of amides is 1. The van der Waals surface area contributed by atoms with Gasteiger partial charge in [-0.25, -0.2) is 4.79 Å². The molecule has 0 aromatic carbocycles. The van der Waals surface area contributed by atoms with E-state index in [4.69, 9.17) is 9.47 Å². The maximum absolute atomic E-state index is 13.1. The molecule has 0 unspecified atom stereocenters. The van der Waals surface area contributed by atoms with Crippen molar-refractivity contribution in [3.8, 4) is 0 Å². The number of ether oxygens (including phenoxy) is 2. The minimum atomic E-state index is -0.431. The van der Waals surface area contributed by atoms with E-state index >= 15 is 0 Å². The summed E-state index contributed by atoms with van der Waals surface area (Å²) in [6.07, 6.45) is 0.657. The molecule has 1 amide bonds. The summed E-state index contributed by atoms with van der Waals surface area (Å²) in [5.41, 5.74) is 2.24. The minimum Gasteiger partial charge on any atom is -0.461 e. The van der Waals surface area contributed by atoms with Crippen LogP contribution in [0, 0.1) is 19.8 Å². The largest absolute Gasteiger partial charge is 0.461 e. The number of Topliss-reactive ketones (excluding diaryl/α,β-unsaturated/α-hetero) is 1. The van der Waals surface area contributed by atoms with Gasteiger partial charge in [-0.2, -0.15) is 0 Å². The lowest BCUT2D eigenvalue weighted by Crippen LogP contribution is -2.39. The number of aromatic nitrogens is 1. The molecule has 0 N–H and O–H groups in total. The first-order valence-corrected chi connectivity index (χ1v) is 9.88. The zero-order chi connectivity index (χ0) is 21.4. The van der Waals surface area contributed by atoms with E-state index in [1.54, 1.807) is 30.4 Å². The Hall–Kier alpha value is -2.15. The molecule has 0 atom stereocenters. The smallest absolute Gasteiger partial charge is 0.355 e. The van der Waals surface area contributed by atoms with Crippen LogP contribution in [0.5, 0.6) is 0 Å². The Labute approximate surface area is 168 Å². The Bertz CT molecular complexity index is 706. The molecular weight excluding hydrogens is 360 g/mol. The second kappa shape index (κ2) is 11.0. The molecule has 7 nitrogen and oxygen atoms in total. The van der Waals surface area contributed by atoms with Gasteiger partial charge in [-0.05, 0) is 39.7 Å². The maximum atomic E-state index is 13.1. The third-order valence-corrected chi connectivity index (χ3v) is 4.75. The zero-order valence-corrected chi connectivity index (χ0v) is 18.3. The number of hydrogen-bond acceptors (Lipinski definition) is 5. The standard InChI is InChI=1S/C21H34N2O5/c1-8-23-16(6)18(15(5)19(23)21(26)28-9-2)17(24)13-22(11-10-12-27-7)20(25)14(3)4/h14H,8-13H2,1-7H3. The van der Waals surface area contributed by atoms with Crippen LogP contribution in [0.15, 0.2) is 0 Å². The van der Waals surface area contributed by atoms with Crippen molar-refractivity contribution in [1.29, 1.82) is 0 Å². The van der Waals surface area contributed by atoms with Crippen LogP contribution in [-0.2, 0) is 20.8 Å². The van der Waals surface area contributed by atoms with Gasteiger partial charge in [-0.3, -0.25) is 9.59 Å². The van der Waals surface area contributed by atoms with E-state index in [-0.39, 0.29) is 30.8 Å². The van der Waals surface area contributed by atoms with Crippen LogP contribution in [0.1, 0.15) is 66.2 Å². The van der Waals surface area contributed by atoms with Gasteiger partial charge in [0.2, 0.25) is 5.91 Å². The van der Waals surface area contributed by atoms with E-state index in [9.17, 15) is 14.4 Å². The van der Waals surface area contributed by atoms with Crippen LogP contribution in [-0.4, -0.2) is 60.5 Å². The first-order chi connectivity index (χ1) is 13.2. The summed E-state index contributed by atoms with van der Waals surface area (Å²) in [5.74, 6) is -0.869. The molecule has 0 saturated carbocycles. The maximum Gasteiger partial charge on any atom is 0.355 e. The molecule has 0 bridgehead atoms. The summed E-state index contributed by atoms with van der Waals surface area (Å²) in [5, 5.41) is 0. The van der Waals surface area contributed by atoms with Crippen LogP contribution in [0.2, 0.25) is 0 Å². The number of carbonyl (C=O) groups is 3. The average Bonchev–Trinajstić information content (AvgIpc) is 2.90. The van der Waals surface area contributed by atoms with Crippen molar-refractivity contribution < 1.29 is 23.9 Å². The van der Waals surface area contributed by atoms with E-state index in [2.05, 4.69) is 0 Å². The van der Waals surface area contributed by atoms with Crippen LogP contribution >= 0.6 is 0 Å². The summed E-state index contributed by atoms with van der Waals surface area (Å²) < 4.78 is 12.0. The number of esters is 1. The second-order valence-electron chi connectivity index (χ2n) is 7.08.